The Kier molecular flexibility index (Phi) is 6.58. The van der Waals surface area contributed by atoms with Gasteiger partial charge < -0.3 is 14.6 Å². The average Bonchev–Trinajstić information content (AvgIpc) is 3.26. The van der Waals surface area contributed by atoms with Gasteiger partial charge >= 0.3 is 5.97 Å². The van der Waals surface area contributed by atoms with E-state index in [-0.39, 0.29) is 19.1 Å². The van der Waals surface area contributed by atoms with Gasteiger partial charge in [0.25, 0.3) is 5.91 Å². The number of aryl methyl sites for hydroxylation is 2. The number of nitrogens with zero attached hydrogens (tertiary/aromatic N) is 3. The molecule has 0 aliphatic heterocycles. The molecule has 1 amide bonds. The SMILES string of the molecule is Cc1nn(Cc2ccccc2)c(C)c1CNC(=O)COC(=O)Cn1c(C)cc2ccccc21. The van der Waals surface area contributed by atoms with Crippen molar-refractivity contribution in [3.8, 4) is 0 Å². The molecule has 0 saturated carbocycles. The summed E-state index contributed by atoms with van der Waals surface area (Å²) >= 11 is 0. The Balaban J connectivity index is 1.30. The summed E-state index contributed by atoms with van der Waals surface area (Å²) in [5, 5.41) is 8.52. The number of benzene rings is 2. The van der Waals surface area contributed by atoms with E-state index in [0.717, 1.165) is 39.1 Å². The van der Waals surface area contributed by atoms with Crippen molar-refractivity contribution in [3.63, 3.8) is 0 Å². The lowest BCUT2D eigenvalue weighted by Gasteiger charge is -2.10. The van der Waals surface area contributed by atoms with Gasteiger partial charge in [-0.15, -0.1) is 0 Å². The quantitative estimate of drug-likeness (QED) is 0.421. The second kappa shape index (κ2) is 9.73. The number of hydrogen-bond donors (Lipinski definition) is 1. The van der Waals surface area contributed by atoms with E-state index in [9.17, 15) is 9.59 Å². The smallest absolute Gasteiger partial charge is 0.326 e. The first-order valence-corrected chi connectivity index (χ1v) is 11.0. The highest BCUT2D eigenvalue weighted by atomic mass is 16.5. The first-order chi connectivity index (χ1) is 15.9. The zero-order valence-corrected chi connectivity index (χ0v) is 19.2. The van der Waals surface area contributed by atoms with Crippen LogP contribution in [0.3, 0.4) is 0 Å². The third-order valence-electron chi connectivity index (χ3n) is 5.84. The summed E-state index contributed by atoms with van der Waals surface area (Å²) in [7, 11) is 0. The highest BCUT2D eigenvalue weighted by Gasteiger charge is 2.15. The van der Waals surface area contributed by atoms with Crippen LogP contribution in [0.1, 0.15) is 28.2 Å². The van der Waals surface area contributed by atoms with Gasteiger partial charge in [-0.05, 0) is 43.9 Å². The van der Waals surface area contributed by atoms with Crippen molar-refractivity contribution in [2.45, 2.75) is 40.4 Å². The molecule has 4 rings (SSSR count). The van der Waals surface area contributed by atoms with Crippen LogP contribution in [-0.2, 0) is 34.0 Å². The Labute approximate surface area is 193 Å². The molecule has 2 aromatic carbocycles. The molecule has 0 fully saturated rings. The van der Waals surface area contributed by atoms with E-state index in [1.54, 1.807) is 0 Å². The number of rotatable bonds is 8. The zero-order valence-electron chi connectivity index (χ0n) is 19.2. The van der Waals surface area contributed by atoms with Gasteiger partial charge in [0.1, 0.15) is 6.54 Å². The summed E-state index contributed by atoms with van der Waals surface area (Å²) in [6.07, 6.45) is 0. The van der Waals surface area contributed by atoms with Crippen LogP contribution in [-0.4, -0.2) is 32.8 Å². The Hall–Kier alpha value is -3.87. The monoisotopic (exact) mass is 444 g/mol. The van der Waals surface area contributed by atoms with Gasteiger partial charge in [0.2, 0.25) is 0 Å². The Morgan fingerprint density at radius 2 is 1.73 bits per heavy atom. The minimum absolute atomic E-state index is 0.0666. The number of esters is 1. The first-order valence-electron chi connectivity index (χ1n) is 11.0. The number of hydrogen-bond acceptors (Lipinski definition) is 4. The van der Waals surface area contributed by atoms with Crippen molar-refractivity contribution < 1.29 is 14.3 Å². The summed E-state index contributed by atoms with van der Waals surface area (Å²) in [5.74, 6) is -0.787. The molecule has 2 aromatic heterocycles. The van der Waals surface area contributed by atoms with Gasteiger partial charge in [0, 0.05) is 29.0 Å². The number of carbonyl (C=O) groups is 2. The lowest BCUT2D eigenvalue weighted by atomic mass is 10.2. The number of aromatic nitrogens is 3. The molecular weight excluding hydrogens is 416 g/mol. The molecule has 1 N–H and O–H groups in total. The van der Waals surface area contributed by atoms with Gasteiger partial charge in [-0.1, -0.05) is 48.5 Å². The fourth-order valence-corrected chi connectivity index (χ4v) is 4.02. The largest absolute Gasteiger partial charge is 0.454 e. The molecule has 0 aliphatic carbocycles. The van der Waals surface area contributed by atoms with Crippen molar-refractivity contribution >= 4 is 22.8 Å². The molecule has 0 bridgehead atoms. The molecule has 33 heavy (non-hydrogen) atoms. The minimum Gasteiger partial charge on any atom is -0.454 e. The molecule has 0 aliphatic rings. The van der Waals surface area contributed by atoms with E-state index in [0.29, 0.717) is 13.1 Å². The van der Waals surface area contributed by atoms with Crippen LogP contribution >= 0.6 is 0 Å². The van der Waals surface area contributed by atoms with Crippen molar-refractivity contribution in [3.05, 3.63) is 88.9 Å². The number of carbonyl (C=O) groups excluding carboxylic acids is 2. The van der Waals surface area contributed by atoms with Crippen molar-refractivity contribution in [2.24, 2.45) is 0 Å². The number of fused-ring (bicyclic) bond motifs is 1. The second-order valence-electron chi connectivity index (χ2n) is 8.16. The molecule has 0 spiro atoms. The van der Waals surface area contributed by atoms with Crippen molar-refractivity contribution in [1.29, 1.82) is 0 Å². The molecule has 0 saturated heterocycles. The first kappa shape index (κ1) is 22.3. The summed E-state index contributed by atoms with van der Waals surface area (Å²) in [5.41, 5.74) is 5.95. The number of nitrogens with one attached hydrogen (secondary N) is 1. The maximum Gasteiger partial charge on any atom is 0.326 e. The highest BCUT2D eigenvalue weighted by molar-refractivity contribution is 5.84. The fourth-order valence-electron chi connectivity index (χ4n) is 4.02. The summed E-state index contributed by atoms with van der Waals surface area (Å²) in [4.78, 5) is 24.6. The number of ether oxygens (including phenoxy) is 1. The topological polar surface area (TPSA) is 78.2 Å². The maximum atomic E-state index is 12.3. The standard InChI is InChI=1S/C26H28N4O3/c1-18-13-22-11-7-8-12-24(22)29(18)16-26(32)33-17-25(31)27-14-23-19(2)28-30(20(23)3)15-21-9-5-4-6-10-21/h4-13H,14-17H2,1-3H3,(H,27,31). The molecule has 4 aromatic rings. The average molecular weight is 445 g/mol. The Bertz CT molecular complexity index is 1290. The molecule has 0 unspecified atom stereocenters. The van der Waals surface area contributed by atoms with Crippen LogP contribution in [0.25, 0.3) is 10.9 Å². The molecule has 0 radical (unpaired) electrons. The van der Waals surface area contributed by atoms with Gasteiger partial charge in [-0.25, -0.2) is 0 Å². The summed E-state index contributed by atoms with van der Waals surface area (Å²) < 4.78 is 9.05. The molecule has 7 heteroatoms. The van der Waals surface area contributed by atoms with E-state index in [2.05, 4.69) is 22.5 Å². The van der Waals surface area contributed by atoms with Crippen molar-refractivity contribution in [2.75, 3.05) is 6.61 Å². The van der Waals surface area contributed by atoms with Crippen LogP contribution in [0.4, 0.5) is 0 Å². The van der Waals surface area contributed by atoms with E-state index in [1.807, 2.05) is 78.6 Å². The van der Waals surface area contributed by atoms with Crippen molar-refractivity contribution in [1.82, 2.24) is 19.7 Å². The molecule has 7 nitrogen and oxygen atoms in total. The van der Waals surface area contributed by atoms with Gasteiger partial charge in [-0.2, -0.15) is 5.10 Å². The van der Waals surface area contributed by atoms with Crippen LogP contribution in [0.5, 0.6) is 0 Å². The van der Waals surface area contributed by atoms with Gasteiger partial charge in [0.05, 0.1) is 12.2 Å². The Morgan fingerprint density at radius 1 is 1.00 bits per heavy atom. The van der Waals surface area contributed by atoms with Crippen LogP contribution < -0.4 is 5.32 Å². The lowest BCUT2D eigenvalue weighted by molar-refractivity contribution is -0.149. The molecule has 170 valence electrons. The zero-order chi connectivity index (χ0) is 23.4. The minimum atomic E-state index is -0.447. The third kappa shape index (κ3) is 5.14. The predicted molar refractivity (Wildman–Crippen MR) is 127 cm³/mol. The normalized spacial score (nSPS) is 11.0. The maximum absolute atomic E-state index is 12.3. The Morgan fingerprint density at radius 3 is 2.52 bits per heavy atom. The fraction of sp³-hybridized carbons (Fsp3) is 0.269. The summed E-state index contributed by atoms with van der Waals surface area (Å²) in [6, 6.07) is 20.0. The van der Waals surface area contributed by atoms with E-state index in [1.165, 1.54) is 0 Å². The molecule has 2 heterocycles. The van der Waals surface area contributed by atoms with Crippen LogP contribution in [0.2, 0.25) is 0 Å². The number of amides is 1. The van der Waals surface area contributed by atoms with E-state index < -0.39 is 5.97 Å². The second-order valence-corrected chi connectivity index (χ2v) is 8.16. The summed E-state index contributed by atoms with van der Waals surface area (Å²) in [6.45, 7) is 6.64. The van der Waals surface area contributed by atoms with Gasteiger partial charge in [0.15, 0.2) is 6.61 Å². The van der Waals surface area contributed by atoms with Gasteiger partial charge in [-0.3, -0.25) is 14.3 Å². The molecule has 0 atom stereocenters. The predicted octanol–water partition coefficient (Wildman–Crippen LogP) is 3.67. The van der Waals surface area contributed by atoms with E-state index in [4.69, 9.17) is 4.74 Å². The van der Waals surface area contributed by atoms with E-state index >= 15 is 0 Å². The van der Waals surface area contributed by atoms with Crippen LogP contribution in [0.15, 0.2) is 60.7 Å². The molecular formula is C26H28N4O3. The lowest BCUT2D eigenvalue weighted by Crippen LogP contribution is -2.29. The highest BCUT2D eigenvalue weighted by Crippen LogP contribution is 2.19. The van der Waals surface area contributed by atoms with Crippen LogP contribution in [0, 0.1) is 20.8 Å². The third-order valence-corrected chi connectivity index (χ3v) is 5.84. The number of para-hydroxylation sites is 1.